The van der Waals surface area contributed by atoms with Crippen molar-refractivity contribution in [2.24, 2.45) is 0 Å². The fraction of sp³-hybridized carbons (Fsp3) is 0.625. The van der Waals surface area contributed by atoms with Crippen LogP contribution in [0.1, 0.15) is 57.1 Å². The van der Waals surface area contributed by atoms with Crippen LogP contribution in [0.25, 0.3) is 11.0 Å². The highest BCUT2D eigenvalue weighted by molar-refractivity contribution is 6.64. The van der Waals surface area contributed by atoms with Crippen molar-refractivity contribution in [2.75, 3.05) is 33.9 Å². The molecular weight excluding hydrogens is 425 g/mol. The molecule has 0 bridgehead atoms. The van der Waals surface area contributed by atoms with Crippen LogP contribution in [0.5, 0.6) is 5.75 Å². The molecule has 178 valence electrons. The van der Waals surface area contributed by atoms with E-state index in [4.69, 9.17) is 27.9 Å². The van der Waals surface area contributed by atoms with Crippen LogP contribution in [-0.2, 0) is 31.7 Å². The van der Waals surface area contributed by atoms with Crippen molar-refractivity contribution in [3.05, 3.63) is 33.2 Å². The molecule has 0 radical (unpaired) electrons. The molecule has 2 fully saturated rings. The van der Waals surface area contributed by atoms with Crippen LogP contribution in [0.4, 0.5) is 0 Å². The van der Waals surface area contributed by atoms with Crippen molar-refractivity contribution >= 4 is 23.6 Å². The second kappa shape index (κ2) is 8.10. The van der Waals surface area contributed by atoms with Crippen molar-refractivity contribution in [3.8, 4) is 5.75 Å². The van der Waals surface area contributed by atoms with Gasteiger partial charge in [0.1, 0.15) is 11.3 Å². The highest BCUT2D eigenvalue weighted by atomic mass is 16.7. The van der Waals surface area contributed by atoms with Crippen molar-refractivity contribution in [3.63, 3.8) is 0 Å². The highest BCUT2D eigenvalue weighted by Gasteiger charge is 2.54. The van der Waals surface area contributed by atoms with E-state index in [2.05, 4.69) is 4.90 Å². The van der Waals surface area contributed by atoms with E-state index in [1.807, 2.05) is 40.8 Å². The maximum absolute atomic E-state index is 13.1. The van der Waals surface area contributed by atoms with Gasteiger partial charge in [0.25, 0.3) is 0 Å². The molecule has 0 saturated carbocycles. The zero-order chi connectivity index (χ0) is 23.5. The molecule has 1 aromatic heterocycles. The van der Waals surface area contributed by atoms with Gasteiger partial charge in [0.15, 0.2) is 6.29 Å². The molecule has 5 rings (SSSR count). The predicted molar refractivity (Wildman–Crippen MR) is 124 cm³/mol. The minimum absolute atomic E-state index is 0.328. The average Bonchev–Trinajstić information content (AvgIpc) is 3.00. The van der Waals surface area contributed by atoms with Crippen LogP contribution in [0.2, 0.25) is 0 Å². The summed E-state index contributed by atoms with van der Waals surface area (Å²) in [6.45, 7) is 10.5. The summed E-state index contributed by atoms with van der Waals surface area (Å²) in [5.41, 5.74) is 1.97. The molecule has 0 spiro atoms. The summed E-state index contributed by atoms with van der Waals surface area (Å²) in [6.07, 6.45) is 0.840. The number of fused-ring (bicyclic) bond motifs is 3. The summed E-state index contributed by atoms with van der Waals surface area (Å²) in [6, 6.07) is 1.94. The van der Waals surface area contributed by atoms with Gasteiger partial charge in [-0.1, -0.05) is 0 Å². The van der Waals surface area contributed by atoms with E-state index >= 15 is 0 Å². The Bertz CT molecular complexity index is 1120. The largest absolute Gasteiger partial charge is 0.499 e. The summed E-state index contributed by atoms with van der Waals surface area (Å²) >= 11 is 0. The van der Waals surface area contributed by atoms with Gasteiger partial charge in [-0.15, -0.1) is 0 Å². The van der Waals surface area contributed by atoms with Crippen molar-refractivity contribution in [1.29, 1.82) is 0 Å². The SMILES string of the molecule is COc1cc2c3c(c(=O)oc2c(C2OCCCO2)c1B1OC(C)(C)C(C)(C)O1)CN(C)CC3. The first kappa shape index (κ1) is 22.9. The molecule has 0 unspecified atom stereocenters. The summed E-state index contributed by atoms with van der Waals surface area (Å²) < 4.78 is 36.7. The van der Waals surface area contributed by atoms with Gasteiger partial charge < -0.3 is 32.8 Å². The van der Waals surface area contributed by atoms with Gasteiger partial charge in [0.05, 0.1) is 42.7 Å². The third kappa shape index (κ3) is 3.70. The average molecular weight is 457 g/mol. The van der Waals surface area contributed by atoms with Gasteiger partial charge in [0.2, 0.25) is 0 Å². The molecule has 8 nitrogen and oxygen atoms in total. The second-order valence-electron chi connectivity index (χ2n) is 10.1. The number of methoxy groups -OCH3 is 1. The van der Waals surface area contributed by atoms with Crippen LogP contribution in [0.3, 0.4) is 0 Å². The number of hydrogen-bond acceptors (Lipinski definition) is 8. The van der Waals surface area contributed by atoms with E-state index in [9.17, 15) is 4.79 Å². The fourth-order valence-electron chi connectivity index (χ4n) is 4.81. The lowest BCUT2D eigenvalue weighted by Crippen LogP contribution is -2.41. The molecular formula is C24H32BNO7. The normalized spacial score (nSPS) is 23.2. The van der Waals surface area contributed by atoms with E-state index in [0.29, 0.717) is 47.7 Å². The van der Waals surface area contributed by atoms with Crippen molar-refractivity contribution in [2.45, 2.75) is 64.6 Å². The third-order valence-electron chi connectivity index (χ3n) is 7.39. The van der Waals surface area contributed by atoms with Gasteiger partial charge in [-0.2, -0.15) is 0 Å². The predicted octanol–water partition coefficient (Wildman–Crippen LogP) is 2.52. The standard InChI is InChI=1S/C24H32BNO7/c1-23(2)24(3,4)33-25(32-23)19-17(28-6)12-15-14-8-9-26(5)13-16(14)21(27)31-20(15)18(19)22-29-10-7-11-30-22/h12,22H,7-11,13H2,1-6H3. The highest BCUT2D eigenvalue weighted by Crippen LogP contribution is 2.41. The van der Waals surface area contributed by atoms with Gasteiger partial charge in [-0.05, 0) is 59.2 Å². The summed E-state index contributed by atoms with van der Waals surface area (Å²) in [5, 5.41) is 0.850. The third-order valence-corrected chi connectivity index (χ3v) is 7.39. The van der Waals surface area contributed by atoms with Crippen LogP contribution >= 0.6 is 0 Å². The molecule has 3 aliphatic heterocycles. The molecule has 2 aromatic rings. The van der Waals surface area contributed by atoms with E-state index < -0.39 is 24.6 Å². The first-order chi connectivity index (χ1) is 15.6. The molecule has 0 aliphatic carbocycles. The molecule has 33 heavy (non-hydrogen) atoms. The number of rotatable bonds is 3. The Kier molecular flexibility index (Phi) is 5.61. The maximum Gasteiger partial charge on any atom is 0.499 e. The molecule has 0 amide bonds. The Balaban J connectivity index is 1.79. The number of hydrogen-bond donors (Lipinski definition) is 0. The Morgan fingerprint density at radius 2 is 1.76 bits per heavy atom. The zero-order valence-electron chi connectivity index (χ0n) is 20.3. The number of nitrogens with zero attached hydrogens (tertiary/aromatic N) is 1. The molecule has 3 aliphatic rings. The van der Waals surface area contributed by atoms with E-state index in [1.165, 1.54) is 0 Å². The fourth-order valence-corrected chi connectivity index (χ4v) is 4.81. The van der Waals surface area contributed by atoms with E-state index in [0.717, 1.165) is 30.3 Å². The minimum Gasteiger partial charge on any atom is -0.497 e. The molecule has 1 aromatic carbocycles. The van der Waals surface area contributed by atoms with Crippen molar-refractivity contribution < 1.29 is 27.9 Å². The number of likely N-dealkylation sites (N-methyl/N-ethyl adjacent to an activating group) is 1. The first-order valence-corrected chi connectivity index (χ1v) is 11.6. The van der Waals surface area contributed by atoms with Gasteiger partial charge in [0, 0.05) is 23.9 Å². The Morgan fingerprint density at radius 1 is 1.09 bits per heavy atom. The van der Waals surface area contributed by atoms with Gasteiger partial charge in [-0.25, -0.2) is 4.79 Å². The summed E-state index contributed by atoms with van der Waals surface area (Å²) in [4.78, 5) is 15.2. The molecule has 2 saturated heterocycles. The second-order valence-corrected chi connectivity index (χ2v) is 10.1. The Labute approximate surface area is 194 Å². The Hall–Kier alpha value is -1.91. The lowest BCUT2D eigenvalue weighted by Gasteiger charge is -2.32. The lowest BCUT2D eigenvalue weighted by molar-refractivity contribution is -0.182. The smallest absolute Gasteiger partial charge is 0.497 e. The lowest BCUT2D eigenvalue weighted by atomic mass is 9.73. The van der Waals surface area contributed by atoms with Gasteiger partial charge in [-0.3, -0.25) is 0 Å². The van der Waals surface area contributed by atoms with Crippen molar-refractivity contribution in [1.82, 2.24) is 4.90 Å². The molecule has 4 heterocycles. The minimum atomic E-state index is -0.731. The van der Waals surface area contributed by atoms with Crippen LogP contribution in [0.15, 0.2) is 15.3 Å². The van der Waals surface area contributed by atoms with E-state index in [1.54, 1.807) is 7.11 Å². The number of benzene rings is 1. The monoisotopic (exact) mass is 457 g/mol. The topological polar surface area (TPSA) is 79.6 Å². The quantitative estimate of drug-likeness (QED) is 0.514. The van der Waals surface area contributed by atoms with E-state index in [-0.39, 0.29) is 5.63 Å². The maximum atomic E-state index is 13.1. The van der Waals surface area contributed by atoms with Crippen LogP contribution in [0, 0.1) is 0 Å². The first-order valence-electron chi connectivity index (χ1n) is 11.6. The molecule has 0 N–H and O–H groups in total. The Morgan fingerprint density at radius 3 is 2.39 bits per heavy atom. The zero-order valence-corrected chi connectivity index (χ0v) is 20.3. The molecule has 9 heteroatoms. The summed E-state index contributed by atoms with van der Waals surface area (Å²) in [7, 11) is 2.90. The summed E-state index contributed by atoms with van der Waals surface area (Å²) in [5.74, 6) is 0.601. The van der Waals surface area contributed by atoms with Gasteiger partial charge >= 0.3 is 12.7 Å². The number of ether oxygens (including phenoxy) is 3. The molecule has 0 atom stereocenters. The van der Waals surface area contributed by atoms with Crippen LogP contribution < -0.4 is 15.8 Å². The van der Waals surface area contributed by atoms with Crippen LogP contribution in [-0.4, -0.2) is 57.1 Å².